The summed E-state index contributed by atoms with van der Waals surface area (Å²) in [5, 5.41) is 11.7. The molecule has 0 aliphatic carbocycles. The zero-order valence-corrected chi connectivity index (χ0v) is 10.4. The number of aromatic nitrogens is 3. The average Bonchev–Trinajstić information content (AvgIpc) is 2.40. The quantitative estimate of drug-likeness (QED) is 0.796. The fraction of sp³-hybridized carbons (Fsp3) is 0.308. The van der Waals surface area contributed by atoms with Gasteiger partial charge in [-0.05, 0) is 24.3 Å². The summed E-state index contributed by atoms with van der Waals surface area (Å²) >= 11 is 0. The fourth-order valence-electron chi connectivity index (χ4n) is 1.70. The molecule has 0 aliphatic heterocycles. The van der Waals surface area contributed by atoms with Gasteiger partial charge in [-0.1, -0.05) is 30.8 Å². The number of hydrogen-bond acceptors (Lipinski definition) is 4. The van der Waals surface area contributed by atoms with Gasteiger partial charge in [-0.3, -0.25) is 4.79 Å². The molecule has 1 aromatic heterocycles. The zero-order chi connectivity index (χ0) is 13.0. The maximum absolute atomic E-state index is 12.1. The number of hydrogen-bond donors (Lipinski definition) is 1. The largest absolute Gasteiger partial charge is 0.313 e. The normalized spacial score (nSPS) is 10.7. The molecule has 2 rings (SSSR count). The van der Waals surface area contributed by atoms with Crippen LogP contribution in [0.25, 0.3) is 10.9 Å². The third-order valence-corrected chi connectivity index (χ3v) is 2.63. The van der Waals surface area contributed by atoms with Gasteiger partial charge in [-0.25, -0.2) is 4.68 Å². The molecule has 0 saturated carbocycles. The predicted molar refractivity (Wildman–Crippen MR) is 71.5 cm³/mol. The van der Waals surface area contributed by atoms with Crippen LogP contribution in [0.5, 0.6) is 0 Å². The minimum absolute atomic E-state index is 0.127. The molecule has 0 aliphatic rings. The first kappa shape index (κ1) is 12.4. The molecule has 94 valence electrons. The second kappa shape index (κ2) is 5.55. The molecule has 0 saturated heterocycles. The van der Waals surface area contributed by atoms with Crippen molar-refractivity contribution >= 4 is 10.9 Å². The van der Waals surface area contributed by atoms with E-state index in [0.29, 0.717) is 24.0 Å². The lowest BCUT2D eigenvalue weighted by molar-refractivity contribution is 0.580. The topological polar surface area (TPSA) is 59.8 Å². The van der Waals surface area contributed by atoms with E-state index in [0.717, 1.165) is 12.1 Å². The van der Waals surface area contributed by atoms with Crippen molar-refractivity contribution in [3.05, 3.63) is 46.8 Å². The van der Waals surface area contributed by atoms with Crippen LogP contribution in [0, 0.1) is 0 Å². The van der Waals surface area contributed by atoms with Gasteiger partial charge in [0, 0.05) is 6.54 Å². The molecule has 2 aromatic rings. The van der Waals surface area contributed by atoms with Crippen molar-refractivity contribution in [3.63, 3.8) is 0 Å². The molecule has 0 radical (unpaired) electrons. The van der Waals surface area contributed by atoms with Crippen LogP contribution in [-0.2, 0) is 6.54 Å². The minimum Gasteiger partial charge on any atom is -0.313 e. The maximum Gasteiger partial charge on any atom is 0.277 e. The Morgan fingerprint density at radius 1 is 1.44 bits per heavy atom. The van der Waals surface area contributed by atoms with Gasteiger partial charge in [-0.15, -0.1) is 5.10 Å². The Morgan fingerprint density at radius 3 is 3.00 bits per heavy atom. The first-order valence-electron chi connectivity index (χ1n) is 5.92. The molecule has 5 heteroatoms. The van der Waals surface area contributed by atoms with Gasteiger partial charge in [0.25, 0.3) is 5.56 Å². The molecule has 1 aromatic carbocycles. The number of likely N-dealkylation sites (N-methyl/N-ethyl adjacent to an activating group) is 1. The van der Waals surface area contributed by atoms with E-state index < -0.39 is 0 Å². The van der Waals surface area contributed by atoms with Crippen LogP contribution in [0.1, 0.15) is 6.92 Å². The van der Waals surface area contributed by atoms with E-state index in [2.05, 4.69) is 22.2 Å². The van der Waals surface area contributed by atoms with E-state index in [1.54, 1.807) is 12.1 Å². The van der Waals surface area contributed by atoms with Gasteiger partial charge >= 0.3 is 0 Å². The highest BCUT2D eigenvalue weighted by atomic mass is 16.1. The van der Waals surface area contributed by atoms with Crippen LogP contribution in [0.3, 0.4) is 0 Å². The highest BCUT2D eigenvalue weighted by molar-refractivity contribution is 5.76. The van der Waals surface area contributed by atoms with E-state index in [4.69, 9.17) is 0 Å². The number of nitrogens with one attached hydrogen (secondary N) is 1. The van der Waals surface area contributed by atoms with Crippen molar-refractivity contribution in [3.8, 4) is 0 Å². The lowest BCUT2D eigenvalue weighted by Gasteiger charge is -2.07. The van der Waals surface area contributed by atoms with E-state index in [1.165, 1.54) is 4.68 Å². The van der Waals surface area contributed by atoms with Gasteiger partial charge in [0.1, 0.15) is 5.52 Å². The Labute approximate surface area is 105 Å². The van der Waals surface area contributed by atoms with Gasteiger partial charge in [0.05, 0.1) is 11.9 Å². The number of rotatable bonds is 5. The fourth-order valence-corrected chi connectivity index (χ4v) is 1.70. The summed E-state index contributed by atoms with van der Waals surface area (Å²) < 4.78 is 1.35. The predicted octanol–water partition coefficient (Wildman–Crippen LogP) is 0.957. The van der Waals surface area contributed by atoms with Gasteiger partial charge in [0.15, 0.2) is 0 Å². The average molecular weight is 244 g/mol. The van der Waals surface area contributed by atoms with Crippen LogP contribution >= 0.6 is 0 Å². The second-order valence-corrected chi connectivity index (χ2v) is 4.10. The first-order valence-corrected chi connectivity index (χ1v) is 5.92. The molecule has 1 N–H and O–H groups in total. The molecule has 18 heavy (non-hydrogen) atoms. The summed E-state index contributed by atoms with van der Waals surface area (Å²) in [5.41, 5.74) is 1.40. The summed E-state index contributed by atoms with van der Waals surface area (Å²) in [6.07, 6.45) is 0. The van der Waals surface area contributed by atoms with Crippen LogP contribution in [0.15, 0.2) is 41.2 Å². The van der Waals surface area contributed by atoms with E-state index >= 15 is 0 Å². The lowest BCUT2D eigenvalue weighted by atomic mass is 10.2. The third kappa shape index (κ3) is 2.62. The van der Waals surface area contributed by atoms with E-state index in [-0.39, 0.29) is 5.56 Å². The lowest BCUT2D eigenvalue weighted by Crippen LogP contribution is -2.27. The Kier molecular flexibility index (Phi) is 3.84. The van der Waals surface area contributed by atoms with Crippen molar-refractivity contribution in [1.29, 1.82) is 0 Å². The van der Waals surface area contributed by atoms with Crippen molar-refractivity contribution < 1.29 is 0 Å². The standard InChI is InChI=1S/C13H16N4O/c1-3-14-8-10(2)9-17-13(18)11-6-4-5-7-12(11)15-16-17/h4-7,14H,2-3,8-9H2,1H3. The molecular weight excluding hydrogens is 228 g/mol. The van der Waals surface area contributed by atoms with Crippen molar-refractivity contribution in [2.75, 3.05) is 13.1 Å². The van der Waals surface area contributed by atoms with Crippen molar-refractivity contribution in [2.45, 2.75) is 13.5 Å². The number of nitrogens with zero attached hydrogens (tertiary/aromatic N) is 3. The molecule has 5 nitrogen and oxygen atoms in total. The Morgan fingerprint density at radius 2 is 2.22 bits per heavy atom. The summed E-state index contributed by atoms with van der Waals surface area (Å²) in [4.78, 5) is 12.1. The molecule has 0 spiro atoms. The monoisotopic (exact) mass is 244 g/mol. The molecule has 0 atom stereocenters. The summed E-state index contributed by atoms with van der Waals surface area (Å²) in [6.45, 7) is 7.88. The second-order valence-electron chi connectivity index (χ2n) is 4.10. The highest BCUT2D eigenvalue weighted by Crippen LogP contribution is 2.03. The maximum atomic E-state index is 12.1. The molecule has 0 unspecified atom stereocenters. The Balaban J connectivity index is 2.27. The van der Waals surface area contributed by atoms with E-state index in [1.807, 2.05) is 19.1 Å². The Hall–Kier alpha value is -2.01. The Bertz CT molecular complexity index is 618. The van der Waals surface area contributed by atoms with Gasteiger partial charge in [-0.2, -0.15) is 0 Å². The van der Waals surface area contributed by atoms with Crippen LogP contribution in [0.4, 0.5) is 0 Å². The van der Waals surface area contributed by atoms with E-state index in [9.17, 15) is 4.79 Å². The number of fused-ring (bicyclic) bond motifs is 1. The van der Waals surface area contributed by atoms with Crippen LogP contribution in [-0.4, -0.2) is 28.1 Å². The third-order valence-electron chi connectivity index (χ3n) is 2.63. The smallest absolute Gasteiger partial charge is 0.277 e. The first-order chi connectivity index (χ1) is 8.72. The van der Waals surface area contributed by atoms with Crippen molar-refractivity contribution in [2.24, 2.45) is 0 Å². The minimum atomic E-state index is -0.127. The highest BCUT2D eigenvalue weighted by Gasteiger charge is 2.05. The summed E-state index contributed by atoms with van der Waals surface area (Å²) in [5.74, 6) is 0. The number of benzene rings is 1. The van der Waals surface area contributed by atoms with Crippen LogP contribution in [0.2, 0.25) is 0 Å². The van der Waals surface area contributed by atoms with Gasteiger partial charge in [0.2, 0.25) is 0 Å². The molecule has 0 fully saturated rings. The molecule has 1 heterocycles. The molecule has 0 bridgehead atoms. The molecule has 0 amide bonds. The SMILES string of the molecule is C=C(CNCC)Cn1nnc2ccccc2c1=O. The van der Waals surface area contributed by atoms with Crippen LogP contribution < -0.4 is 10.9 Å². The zero-order valence-electron chi connectivity index (χ0n) is 10.4. The molecular formula is C13H16N4O. The summed E-state index contributed by atoms with van der Waals surface area (Å²) in [6, 6.07) is 7.20. The van der Waals surface area contributed by atoms with Gasteiger partial charge < -0.3 is 5.32 Å². The van der Waals surface area contributed by atoms with Crippen molar-refractivity contribution in [1.82, 2.24) is 20.3 Å². The summed E-state index contributed by atoms with van der Waals surface area (Å²) in [7, 11) is 0.